The molecule has 0 radical (unpaired) electrons. The summed E-state index contributed by atoms with van der Waals surface area (Å²) in [6.45, 7) is 4.79. The Bertz CT molecular complexity index is 181. The van der Waals surface area contributed by atoms with E-state index in [-0.39, 0.29) is 0 Å². The first-order valence-corrected chi connectivity index (χ1v) is 3.38. The van der Waals surface area contributed by atoms with Gasteiger partial charge in [0.2, 0.25) is 0 Å². The predicted molar refractivity (Wildman–Crippen MR) is 40.6 cm³/mol. The third kappa shape index (κ3) is 5.16. The third-order valence-corrected chi connectivity index (χ3v) is 1.09. The molecule has 0 bridgehead atoms. The lowest BCUT2D eigenvalue weighted by Gasteiger charge is -2.06. The summed E-state index contributed by atoms with van der Waals surface area (Å²) >= 11 is 0. The van der Waals surface area contributed by atoms with Crippen molar-refractivity contribution in [3.8, 4) is 6.07 Å². The van der Waals surface area contributed by atoms with E-state index in [1.807, 2.05) is 6.07 Å². The van der Waals surface area contributed by atoms with Gasteiger partial charge in [-0.2, -0.15) is 5.26 Å². The standard InChI is InChI=1S/C8H11NO2/c1-3-4-5-8(6-9)11-7(2)10/h3,8H,1,4-5H2,2H3. The summed E-state index contributed by atoms with van der Waals surface area (Å²) in [6.07, 6.45) is 2.28. The van der Waals surface area contributed by atoms with E-state index in [4.69, 9.17) is 5.26 Å². The minimum Gasteiger partial charge on any atom is -0.447 e. The molecule has 1 unspecified atom stereocenters. The van der Waals surface area contributed by atoms with Gasteiger partial charge < -0.3 is 4.74 Å². The van der Waals surface area contributed by atoms with Crippen molar-refractivity contribution < 1.29 is 9.53 Å². The summed E-state index contributed by atoms with van der Waals surface area (Å²) in [5, 5.41) is 8.44. The number of nitrogens with zero attached hydrogens (tertiary/aromatic N) is 1. The zero-order chi connectivity index (χ0) is 8.69. The molecule has 0 amide bonds. The molecule has 60 valence electrons. The number of carbonyl (C=O) groups excluding carboxylic acids is 1. The lowest BCUT2D eigenvalue weighted by molar-refractivity contribution is -0.144. The maximum absolute atomic E-state index is 10.4. The van der Waals surface area contributed by atoms with Crippen molar-refractivity contribution in [2.24, 2.45) is 0 Å². The van der Waals surface area contributed by atoms with Crippen LogP contribution in [0.25, 0.3) is 0 Å². The van der Waals surface area contributed by atoms with Gasteiger partial charge in [0.1, 0.15) is 6.07 Å². The molecule has 11 heavy (non-hydrogen) atoms. The quantitative estimate of drug-likeness (QED) is 0.453. The number of nitriles is 1. The van der Waals surface area contributed by atoms with Crippen LogP contribution < -0.4 is 0 Å². The highest BCUT2D eigenvalue weighted by atomic mass is 16.5. The van der Waals surface area contributed by atoms with Gasteiger partial charge in [-0.25, -0.2) is 0 Å². The summed E-state index contributed by atoms with van der Waals surface area (Å²) in [4.78, 5) is 10.4. The number of ether oxygens (including phenoxy) is 1. The first-order chi connectivity index (χ1) is 5.20. The predicted octanol–water partition coefficient (Wildman–Crippen LogP) is 1.41. The normalized spacial score (nSPS) is 11.3. The van der Waals surface area contributed by atoms with Crippen LogP contribution in [-0.2, 0) is 9.53 Å². The van der Waals surface area contributed by atoms with Gasteiger partial charge in [-0.1, -0.05) is 6.08 Å². The second kappa shape index (κ2) is 5.48. The van der Waals surface area contributed by atoms with E-state index in [1.54, 1.807) is 6.08 Å². The van der Waals surface area contributed by atoms with E-state index < -0.39 is 12.1 Å². The number of rotatable bonds is 4. The SMILES string of the molecule is C=CCCC(C#N)OC(C)=O. The number of allylic oxidation sites excluding steroid dienone is 1. The Balaban J connectivity index is 3.69. The molecule has 0 saturated carbocycles. The Labute approximate surface area is 66.3 Å². The maximum Gasteiger partial charge on any atom is 0.303 e. The highest BCUT2D eigenvalue weighted by Gasteiger charge is 2.07. The van der Waals surface area contributed by atoms with Gasteiger partial charge in [0.25, 0.3) is 0 Å². The molecule has 0 fully saturated rings. The molecule has 0 N–H and O–H groups in total. The smallest absolute Gasteiger partial charge is 0.303 e. The molecular weight excluding hydrogens is 142 g/mol. The van der Waals surface area contributed by atoms with Crippen LogP contribution in [0.1, 0.15) is 19.8 Å². The van der Waals surface area contributed by atoms with Crippen molar-refractivity contribution in [3.05, 3.63) is 12.7 Å². The first-order valence-electron chi connectivity index (χ1n) is 3.38. The summed E-state index contributed by atoms with van der Waals surface area (Å²) in [5.74, 6) is -0.416. The Morgan fingerprint density at radius 2 is 2.55 bits per heavy atom. The lowest BCUT2D eigenvalue weighted by atomic mass is 10.2. The minimum atomic E-state index is -0.620. The minimum absolute atomic E-state index is 0.416. The van der Waals surface area contributed by atoms with Gasteiger partial charge in [-0.3, -0.25) is 4.79 Å². The van der Waals surface area contributed by atoms with Crippen molar-refractivity contribution in [1.82, 2.24) is 0 Å². The van der Waals surface area contributed by atoms with Crippen molar-refractivity contribution in [3.63, 3.8) is 0 Å². The molecule has 0 aliphatic heterocycles. The Kier molecular flexibility index (Phi) is 4.83. The van der Waals surface area contributed by atoms with E-state index in [0.29, 0.717) is 12.8 Å². The van der Waals surface area contributed by atoms with Crippen molar-refractivity contribution in [1.29, 1.82) is 5.26 Å². The van der Waals surface area contributed by atoms with Gasteiger partial charge in [0.05, 0.1) is 0 Å². The van der Waals surface area contributed by atoms with Crippen LogP contribution in [0.4, 0.5) is 0 Å². The third-order valence-electron chi connectivity index (χ3n) is 1.09. The van der Waals surface area contributed by atoms with Crippen LogP contribution in [-0.4, -0.2) is 12.1 Å². The fourth-order valence-corrected chi connectivity index (χ4v) is 0.619. The van der Waals surface area contributed by atoms with Gasteiger partial charge in [0.15, 0.2) is 6.10 Å². The van der Waals surface area contributed by atoms with Gasteiger partial charge in [-0.15, -0.1) is 6.58 Å². The molecule has 0 aliphatic rings. The van der Waals surface area contributed by atoms with E-state index in [9.17, 15) is 4.79 Å². The van der Waals surface area contributed by atoms with Crippen LogP contribution >= 0.6 is 0 Å². The van der Waals surface area contributed by atoms with Crippen molar-refractivity contribution in [2.75, 3.05) is 0 Å². The number of esters is 1. The number of carbonyl (C=O) groups is 1. The van der Waals surface area contributed by atoms with Crippen LogP contribution in [0, 0.1) is 11.3 Å². The Morgan fingerprint density at radius 1 is 1.91 bits per heavy atom. The molecule has 3 nitrogen and oxygen atoms in total. The van der Waals surface area contributed by atoms with Gasteiger partial charge >= 0.3 is 5.97 Å². The molecule has 1 atom stereocenters. The molecule has 0 saturated heterocycles. The Hall–Kier alpha value is -1.30. The lowest BCUT2D eigenvalue weighted by Crippen LogP contribution is -2.13. The summed E-state index contributed by atoms with van der Waals surface area (Å²) < 4.78 is 4.65. The molecule has 0 aromatic rings. The molecule has 0 heterocycles. The zero-order valence-corrected chi connectivity index (χ0v) is 6.54. The summed E-state index contributed by atoms with van der Waals surface area (Å²) in [6, 6.07) is 1.88. The average Bonchev–Trinajstić information content (AvgIpc) is 1.97. The van der Waals surface area contributed by atoms with E-state index in [2.05, 4.69) is 11.3 Å². The molecule has 0 aromatic heterocycles. The number of hydrogen-bond donors (Lipinski definition) is 0. The van der Waals surface area contributed by atoms with Crippen molar-refractivity contribution >= 4 is 5.97 Å². The highest BCUT2D eigenvalue weighted by Crippen LogP contribution is 2.01. The largest absolute Gasteiger partial charge is 0.447 e. The summed E-state index contributed by atoms with van der Waals surface area (Å²) in [7, 11) is 0. The van der Waals surface area contributed by atoms with Gasteiger partial charge in [-0.05, 0) is 6.42 Å². The van der Waals surface area contributed by atoms with Crippen LogP contribution in [0.2, 0.25) is 0 Å². The topological polar surface area (TPSA) is 50.1 Å². The fourth-order valence-electron chi connectivity index (χ4n) is 0.619. The van der Waals surface area contributed by atoms with Crippen LogP contribution in [0.3, 0.4) is 0 Å². The second-order valence-corrected chi connectivity index (χ2v) is 2.09. The summed E-state index contributed by atoms with van der Waals surface area (Å²) in [5.41, 5.74) is 0. The average molecular weight is 153 g/mol. The Morgan fingerprint density at radius 3 is 2.91 bits per heavy atom. The van der Waals surface area contributed by atoms with Crippen LogP contribution in [0.15, 0.2) is 12.7 Å². The molecular formula is C8H11NO2. The van der Waals surface area contributed by atoms with E-state index >= 15 is 0 Å². The zero-order valence-electron chi connectivity index (χ0n) is 6.54. The molecule has 3 heteroatoms. The van der Waals surface area contributed by atoms with Gasteiger partial charge in [0, 0.05) is 13.3 Å². The molecule has 0 aliphatic carbocycles. The fraction of sp³-hybridized carbons (Fsp3) is 0.500. The van der Waals surface area contributed by atoms with E-state index in [0.717, 1.165) is 0 Å². The monoisotopic (exact) mass is 153 g/mol. The molecule has 0 rings (SSSR count). The van der Waals surface area contributed by atoms with Crippen molar-refractivity contribution in [2.45, 2.75) is 25.9 Å². The molecule has 0 aromatic carbocycles. The van der Waals surface area contributed by atoms with Crippen LogP contribution in [0.5, 0.6) is 0 Å². The second-order valence-electron chi connectivity index (χ2n) is 2.09. The number of hydrogen-bond acceptors (Lipinski definition) is 3. The highest BCUT2D eigenvalue weighted by molar-refractivity contribution is 5.66. The molecule has 0 spiro atoms. The van der Waals surface area contributed by atoms with E-state index in [1.165, 1.54) is 6.92 Å². The first kappa shape index (κ1) is 9.70. The maximum atomic E-state index is 10.4.